The van der Waals surface area contributed by atoms with Crippen LogP contribution in [0.4, 0.5) is 0 Å². The van der Waals surface area contributed by atoms with Crippen molar-refractivity contribution in [3.63, 3.8) is 0 Å². The van der Waals surface area contributed by atoms with Crippen molar-refractivity contribution in [1.82, 2.24) is 24.1 Å². The first-order chi connectivity index (χ1) is 33.7. The summed E-state index contributed by atoms with van der Waals surface area (Å²) in [5, 5.41) is 31.4. The van der Waals surface area contributed by atoms with Crippen molar-refractivity contribution in [3.05, 3.63) is 199 Å². The molecule has 0 saturated carbocycles. The van der Waals surface area contributed by atoms with E-state index in [1.807, 2.05) is 54.6 Å². The molecule has 0 aliphatic carbocycles. The molecule has 68 heavy (non-hydrogen) atoms. The predicted molar refractivity (Wildman–Crippen MR) is 280 cm³/mol. The van der Waals surface area contributed by atoms with Crippen LogP contribution in [0.15, 0.2) is 188 Å². The lowest BCUT2D eigenvalue weighted by Gasteiger charge is -2.18. The van der Waals surface area contributed by atoms with Crippen LogP contribution in [0.3, 0.4) is 0 Å². The molecule has 0 spiro atoms. The van der Waals surface area contributed by atoms with Crippen LogP contribution < -0.4 is 0 Å². The second-order valence-corrected chi connectivity index (χ2v) is 19.0. The van der Waals surface area contributed by atoms with Crippen molar-refractivity contribution >= 4 is 107 Å². The van der Waals surface area contributed by atoms with Gasteiger partial charge in [0.15, 0.2) is 5.82 Å². The Morgan fingerprint density at radius 2 is 0.912 bits per heavy atom. The highest BCUT2D eigenvalue weighted by Crippen LogP contribution is 2.47. The first kappa shape index (κ1) is 38.3. The number of para-hydroxylation sites is 4. The van der Waals surface area contributed by atoms with Gasteiger partial charge in [-0.05, 0) is 66.7 Å². The highest BCUT2D eigenvalue weighted by molar-refractivity contribution is 7.27. The van der Waals surface area contributed by atoms with E-state index >= 15 is 0 Å². The minimum Gasteiger partial charge on any atom is -0.307 e. The van der Waals surface area contributed by atoms with E-state index in [4.69, 9.17) is 9.97 Å². The van der Waals surface area contributed by atoms with Crippen LogP contribution in [-0.4, -0.2) is 24.1 Å². The molecule has 0 atom stereocenters. The lowest BCUT2D eigenvalue weighted by atomic mass is 9.99. The normalized spacial score (nSPS) is 11.8. The monoisotopic (exact) mass is 901 g/mol. The first-order valence-electron chi connectivity index (χ1n) is 22.2. The molecular formula is C59H31N7S2. The molecule has 6 heterocycles. The van der Waals surface area contributed by atoms with Gasteiger partial charge in [0.05, 0.1) is 56.0 Å². The third-order valence-electron chi connectivity index (χ3n) is 13.3. The van der Waals surface area contributed by atoms with Crippen LogP contribution >= 0.6 is 22.7 Å². The van der Waals surface area contributed by atoms with Gasteiger partial charge in [-0.25, -0.2) is 9.97 Å². The number of fused-ring (bicyclic) bond motifs is 14. The molecule has 0 saturated heterocycles. The van der Waals surface area contributed by atoms with Gasteiger partial charge in [-0.1, -0.05) is 109 Å². The van der Waals surface area contributed by atoms with Gasteiger partial charge in [-0.3, -0.25) is 4.98 Å². The maximum absolute atomic E-state index is 11.0. The Labute approximate surface area is 395 Å². The van der Waals surface area contributed by atoms with Crippen molar-refractivity contribution < 1.29 is 0 Å². The van der Waals surface area contributed by atoms with Gasteiger partial charge in [0.25, 0.3) is 0 Å². The summed E-state index contributed by atoms with van der Waals surface area (Å²) < 4.78 is 9.36. The number of benzene rings is 8. The molecule has 0 unspecified atom stereocenters. The number of thiophene rings is 2. The van der Waals surface area contributed by atoms with Gasteiger partial charge in [-0.15, -0.1) is 22.7 Å². The van der Waals surface area contributed by atoms with E-state index in [-0.39, 0.29) is 0 Å². The molecule has 6 aromatic heterocycles. The molecular weight excluding hydrogens is 871 g/mol. The van der Waals surface area contributed by atoms with Gasteiger partial charge >= 0.3 is 0 Å². The van der Waals surface area contributed by atoms with Crippen LogP contribution in [0.5, 0.6) is 0 Å². The minimum atomic E-state index is 0.468. The van der Waals surface area contributed by atoms with E-state index in [0.29, 0.717) is 28.3 Å². The number of aromatic nitrogens is 5. The fraction of sp³-hybridized carbons (Fsp3) is 0. The average Bonchev–Trinajstić information content (AvgIpc) is 4.16. The first-order valence-corrected chi connectivity index (χ1v) is 23.8. The minimum absolute atomic E-state index is 0.468. The summed E-state index contributed by atoms with van der Waals surface area (Å²) in [6.45, 7) is 0. The number of pyridine rings is 1. The van der Waals surface area contributed by atoms with Crippen molar-refractivity contribution in [2.24, 2.45) is 0 Å². The quantitative estimate of drug-likeness (QED) is 0.171. The fourth-order valence-corrected chi connectivity index (χ4v) is 13.0. The predicted octanol–water partition coefficient (Wildman–Crippen LogP) is 15.5. The Kier molecular flexibility index (Phi) is 8.31. The molecule has 0 fully saturated rings. The molecule has 9 heteroatoms. The molecule has 0 radical (unpaired) electrons. The van der Waals surface area contributed by atoms with E-state index in [0.717, 1.165) is 71.7 Å². The van der Waals surface area contributed by atoms with E-state index in [1.165, 1.54) is 40.3 Å². The number of hydrogen-bond acceptors (Lipinski definition) is 7. The summed E-state index contributed by atoms with van der Waals surface area (Å²) >= 11 is 3.60. The van der Waals surface area contributed by atoms with Crippen LogP contribution in [0.1, 0.15) is 11.1 Å². The third kappa shape index (κ3) is 5.46. The molecule has 314 valence electrons. The molecule has 8 aromatic carbocycles. The highest BCUT2D eigenvalue weighted by Gasteiger charge is 2.26. The van der Waals surface area contributed by atoms with Gasteiger partial charge in [0.1, 0.15) is 12.1 Å². The maximum atomic E-state index is 11.0. The Bertz CT molecular complexity index is 4270. The number of rotatable bonds is 5. The molecule has 0 aliphatic heterocycles. The van der Waals surface area contributed by atoms with Gasteiger partial charge in [-0.2, -0.15) is 10.5 Å². The Hall–Kier alpha value is -8.99. The molecule has 14 rings (SSSR count). The molecule has 0 amide bonds. The molecule has 0 bridgehead atoms. The maximum Gasteiger partial charge on any atom is 0.161 e. The van der Waals surface area contributed by atoms with Crippen LogP contribution in [0.25, 0.3) is 129 Å². The largest absolute Gasteiger partial charge is 0.307 e. The lowest BCUT2D eigenvalue weighted by molar-refractivity contribution is 1.13. The van der Waals surface area contributed by atoms with Crippen molar-refractivity contribution in [2.45, 2.75) is 0 Å². The summed E-state index contributed by atoms with van der Waals surface area (Å²) in [6, 6.07) is 65.6. The number of nitrogens with zero attached hydrogens (tertiary/aromatic N) is 7. The third-order valence-corrected chi connectivity index (χ3v) is 15.7. The second-order valence-electron chi connectivity index (χ2n) is 16.9. The van der Waals surface area contributed by atoms with E-state index < -0.39 is 0 Å². The van der Waals surface area contributed by atoms with Crippen molar-refractivity contribution in [2.75, 3.05) is 0 Å². The van der Waals surface area contributed by atoms with Gasteiger partial charge < -0.3 is 9.13 Å². The number of hydrogen-bond donors (Lipinski definition) is 0. The SMILES string of the molecule is N#Cc1cccc(-c2cc(-c3cccc(C#N)c3-n3c4ccccc4c4c5sc6ccccc6c5ccc43)nc(-c3cccnc3)n2)c1-n1c2ccccc2c2c3sc4ccccc4c3ccc21. The Morgan fingerprint density at radius 1 is 0.426 bits per heavy atom. The molecule has 0 N–H and O–H groups in total. The zero-order chi connectivity index (χ0) is 45.0. The van der Waals surface area contributed by atoms with E-state index in [9.17, 15) is 10.5 Å². The van der Waals surface area contributed by atoms with Gasteiger partial charge in [0, 0.05) is 91.0 Å². The summed E-state index contributed by atoms with van der Waals surface area (Å²) in [5.74, 6) is 0.468. The lowest BCUT2D eigenvalue weighted by Crippen LogP contribution is -2.05. The zero-order valence-corrected chi connectivity index (χ0v) is 37.5. The molecule has 0 aliphatic rings. The second kappa shape index (κ2) is 14.8. The van der Waals surface area contributed by atoms with Crippen molar-refractivity contribution in [3.8, 4) is 57.4 Å². The van der Waals surface area contributed by atoms with E-state index in [2.05, 4.69) is 148 Å². The average molecular weight is 902 g/mol. The van der Waals surface area contributed by atoms with E-state index in [1.54, 1.807) is 35.1 Å². The van der Waals surface area contributed by atoms with Crippen LogP contribution in [0, 0.1) is 22.7 Å². The van der Waals surface area contributed by atoms with Crippen LogP contribution in [-0.2, 0) is 0 Å². The zero-order valence-electron chi connectivity index (χ0n) is 35.8. The summed E-state index contributed by atoms with van der Waals surface area (Å²) in [5.41, 5.74) is 9.95. The highest BCUT2D eigenvalue weighted by atomic mass is 32.1. The Balaban J connectivity index is 1.06. The summed E-state index contributed by atoms with van der Waals surface area (Å²) in [6.07, 6.45) is 3.51. The van der Waals surface area contributed by atoms with Crippen molar-refractivity contribution in [1.29, 1.82) is 10.5 Å². The number of nitriles is 2. The standard InChI is InChI=1S/C59H31N7S2/c60-31-34-12-9-19-41(55(34)65-47-21-5-1-17-43(47)53-49(65)27-25-39-37-15-3-7-23-51(37)67-57(39)53)45-30-46(64-59(63-45)36-14-11-29-62-33-36)42-20-10-13-35(32-61)56(42)66-48-22-6-2-18-44(48)54-50(66)28-26-40-38-16-4-8-24-52(38)68-58(40)54/h1-30,33H. The fourth-order valence-electron chi connectivity index (χ4n) is 10.5. The summed E-state index contributed by atoms with van der Waals surface area (Å²) in [7, 11) is 0. The van der Waals surface area contributed by atoms with Crippen LogP contribution in [0.2, 0.25) is 0 Å². The molecule has 7 nitrogen and oxygen atoms in total. The smallest absolute Gasteiger partial charge is 0.161 e. The van der Waals surface area contributed by atoms with Gasteiger partial charge in [0.2, 0.25) is 0 Å². The Morgan fingerprint density at radius 3 is 1.40 bits per heavy atom. The summed E-state index contributed by atoms with van der Waals surface area (Å²) in [4.78, 5) is 15.1. The molecule has 14 aromatic rings. The topological polar surface area (TPSA) is 96.1 Å².